The minimum atomic E-state index is -3.82. The number of primary amides is 1. The molecule has 10 heteroatoms. The van der Waals surface area contributed by atoms with Gasteiger partial charge in [-0.3, -0.25) is 9.59 Å². The normalized spacial score (nSPS) is 16.0. The molecule has 174 valence electrons. The van der Waals surface area contributed by atoms with Crippen LogP contribution >= 0.6 is 11.3 Å². The Bertz CT molecular complexity index is 1050. The molecule has 2 heterocycles. The lowest BCUT2D eigenvalue weighted by Crippen LogP contribution is -2.40. The van der Waals surface area contributed by atoms with Crippen LogP contribution in [-0.2, 0) is 26.0 Å². The third kappa shape index (κ3) is 6.08. The zero-order valence-corrected chi connectivity index (χ0v) is 20.0. The smallest absolute Gasteiger partial charge is 0.242 e. The molecular weight excluding hydrogens is 448 g/mol. The fourth-order valence-electron chi connectivity index (χ4n) is 3.66. The number of hydrogen-bond acceptors (Lipinski definition) is 6. The van der Waals surface area contributed by atoms with Crippen molar-refractivity contribution in [3.8, 4) is 0 Å². The molecule has 1 aliphatic heterocycles. The highest BCUT2D eigenvalue weighted by atomic mass is 32.2. The Kier molecular flexibility index (Phi) is 7.91. The Labute approximate surface area is 193 Å². The number of piperidine rings is 1. The van der Waals surface area contributed by atoms with Crippen molar-refractivity contribution in [1.82, 2.24) is 4.72 Å². The molecule has 1 aromatic heterocycles. The molecule has 3 rings (SSSR count). The number of nitrogens with one attached hydrogen (secondary N) is 2. The SMILES string of the molecule is CC[C@@H](C)NS(=O)(=O)c1cc(NC(=O)Cc2cccs2)ccc1N1CCC(C(N)=O)CC1. The fourth-order valence-corrected chi connectivity index (χ4v) is 5.94. The van der Waals surface area contributed by atoms with Crippen molar-refractivity contribution in [3.63, 3.8) is 0 Å². The van der Waals surface area contributed by atoms with Crippen LogP contribution in [0.15, 0.2) is 40.6 Å². The summed E-state index contributed by atoms with van der Waals surface area (Å²) in [6, 6.07) is 8.47. The van der Waals surface area contributed by atoms with Crippen LogP contribution in [0.25, 0.3) is 0 Å². The van der Waals surface area contributed by atoms with Gasteiger partial charge in [0, 0.05) is 35.6 Å². The van der Waals surface area contributed by atoms with Crippen molar-refractivity contribution < 1.29 is 18.0 Å². The van der Waals surface area contributed by atoms with Gasteiger partial charge in [-0.05, 0) is 55.8 Å². The first-order valence-corrected chi connectivity index (χ1v) is 13.1. The van der Waals surface area contributed by atoms with Crippen LogP contribution in [0.3, 0.4) is 0 Å². The number of nitrogens with zero attached hydrogens (tertiary/aromatic N) is 1. The second-order valence-electron chi connectivity index (χ2n) is 8.08. The lowest BCUT2D eigenvalue weighted by atomic mass is 9.96. The Balaban J connectivity index is 1.87. The number of rotatable bonds is 9. The molecule has 1 fully saturated rings. The summed E-state index contributed by atoms with van der Waals surface area (Å²) >= 11 is 1.50. The molecule has 1 aromatic carbocycles. The molecule has 0 spiro atoms. The van der Waals surface area contributed by atoms with Gasteiger partial charge in [-0.15, -0.1) is 11.3 Å². The van der Waals surface area contributed by atoms with E-state index in [1.807, 2.05) is 36.3 Å². The highest BCUT2D eigenvalue weighted by molar-refractivity contribution is 7.89. The monoisotopic (exact) mass is 478 g/mol. The lowest BCUT2D eigenvalue weighted by Gasteiger charge is -2.33. The number of hydrogen-bond donors (Lipinski definition) is 3. The standard InChI is InChI=1S/C22H30N4O4S2/c1-3-15(2)25-32(29,30)20-13-17(24-21(27)14-18-5-4-12-31-18)6-7-19(20)26-10-8-16(9-11-26)22(23)28/h4-7,12-13,15-16,25H,3,8-11,14H2,1-2H3,(H2,23,28)(H,24,27)/t15-/m1/s1. The van der Waals surface area contributed by atoms with Crippen LogP contribution in [0.2, 0.25) is 0 Å². The van der Waals surface area contributed by atoms with Gasteiger partial charge in [-0.2, -0.15) is 0 Å². The highest BCUT2D eigenvalue weighted by Gasteiger charge is 2.28. The van der Waals surface area contributed by atoms with Crippen LogP contribution in [0.4, 0.5) is 11.4 Å². The van der Waals surface area contributed by atoms with Crippen LogP contribution in [0, 0.1) is 5.92 Å². The Morgan fingerprint density at radius 3 is 2.56 bits per heavy atom. The molecule has 1 atom stereocenters. The fraction of sp³-hybridized carbons (Fsp3) is 0.455. The molecular formula is C22H30N4O4S2. The van der Waals surface area contributed by atoms with E-state index < -0.39 is 10.0 Å². The van der Waals surface area contributed by atoms with E-state index in [1.54, 1.807) is 12.1 Å². The average molecular weight is 479 g/mol. The van der Waals surface area contributed by atoms with Gasteiger partial charge in [0.1, 0.15) is 4.90 Å². The van der Waals surface area contributed by atoms with Gasteiger partial charge >= 0.3 is 0 Å². The van der Waals surface area contributed by atoms with Gasteiger partial charge in [0.15, 0.2) is 0 Å². The van der Waals surface area contributed by atoms with Crippen LogP contribution in [-0.4, -0.2) is 39.4 Å². The average Bonchev–Trinajstić information content (AvgIpc) is 3.26. The van der Waals surface area contributed by atoms with Gasteiger partial charge in [-0.1, -0.05) is 13.0 Å². The summed E-state index contributed by atoms with van der Waals surface area (Å²) in [7, 11) is -3.82. The van der Waals surface area contributed by atoms with Crippen LogP contribution in [0.1, 0.15) is 38.0 Å². The molecule has 32 heavy (non-hydrogen) atoms. The van der Waals surface area contributed by atoms with E-state index in [0.717, 1.165) is 4.88 Å². The third-order valence-corrected chi connectivity index (χ3v) is 8.15. The number of benzene rings is 1. The van der Waals surface area contributed by atoms with Crippen molar-refractivity contribution in [1.29, 1.82) is 0 Å². The molecule has 4 N–H and O–H groups in total. The second kappa shape index (κ2) is 10.5. The quantitative estimate of drug-likeness (QED) is 0.512. The molecule has 0 saturated carbocycles. The molecule has 8 nitrogen and oxygen atoms in total. The largest absolute Gasteiger partial charge is 0.370 e. The summed E-state index contributed by atoms with van der Waals surface area (Å²) in [6.07, 6.45) is 2.03. The van der Waals surface area contributed by atoms with E-state index in [0.29, 0.717) is 43.7 Å². The summed E-state index contributed by atoms with van der Waals surface area (Å²) in [5.41, 5.74) is 6.41. The number of sulfonamides is 1. The first-order chi connectivity index (χ1) is 15.2. The Morgan fingerprint density at radius 2 is 1.97 bits per heavy atom. The lowest BCUT2D eigenvalue weighted by molar-refractivity contribution is -0.122. The number of carbonyl (C=O) groups excluding carboxylic acids is 2. The molecule has 2 aromatic rings. The van der Waals surface area contributed by atoms with E-state index in [-0.39, 0.29) is 35.1 Å². The third-order valence-electron chi connectivity index (χ3n) is 5.65. The van der Waals surface area contributed by atoms with Gasteiger partial charge in [0.05, 0.1) is 12.1 Å². The van der Waals surface area contributed by atoms with Crippen molar-refractivity contribution in [3.05, 3.63) is 40.6 Å². The number of anilines is 2. The van der Waals surface area contributed by atoms with Crippen LogP contribution < -0.4 is 20.7 Å². The van der Waals surface area contributed by atoms with Gasteiger partial charge in [0.2, 0.25) is 21.8 Å². The maximum absolute atomic E-state index is 13.2. The van der Waals surface area contributed by atoms with E-state index in [9.17, 15) is 18.0 Å². The molecule has 0 unspecified atom stereocenters. The maximum Gasteiger partial charge on any atom is 0.242 e. The Morgan fingerprint density at radius 1 is 1.25 bits per heavy atom. The predicted molar refractivity (Wildman–Crippen MR) is 127 cm³/mol. The first-order valence-electron chi connectivity index (χ1n) is 10.7. The second-order valence-corrected chi connectivity index (χ2v) is 10.8. The maximum atomic E-state index is 13.2. The molecule has 1 aliphatic rings. The first kappa shape index (κ1) is 24.2. The summed E-state index contributed by atoms with van der Waals surface area (Å²) in [4.78, 5) is 26.9. The van der Waals surface area contributed by atoms with E-state index in [1.165, 1.54) is 17.4 Å². The van der Waals surface area contributed by atoms with Crippen molar-refractivity contribution in [2.75, 3.05) is 23.3 Å². The topological polar surface area (TPSA) is 122 Å². The number of amides is 2. The molecule has 0 bridgehead atoms. The zero-order chi connectivity index (χ0) is 23.3. The van der Waals surface area contributed by atoms with E-state index in [4.69, 9.17) is 5.73 Å². The van der Waals surface area contributed by atoms with E-state index in [2.05, 4.69) is 10.0 Å². The highest BCUT2D eigenvalue weighted by Crippen LogP contribution is 2.32. The molecule has 1 saturated heterocycles. The molecule has 0 aliphatic carbocycles. The molecule has 0 radical (unpaired) electrons. The van der Waals surface area contributed by atoms with Crippen LogP contribution in [0.5, 0.6) is 0 Å². The summed E-state index contributed by atoms with van der Waals surface area (Å²) in [6.45, 7) is 4.78. The van der Waals surface area contributed by atoms with E-state index >= 15 is 0 Å². The van der Waals surface area contributed by atoms with Gasteiger partial charge in [-0.25, -0.2) is 13.1 Å². The predicted octanol–water partition coefficient (Wildman–Crippen LogP) is 2.71. The van der Waals surface area contributed by atoms with Gasteiger partial charge in [0.25, 0.3) is 0 Å². The van der Waals surface area contributed by atoms with Crippen molar-refractivity contribution >= 4 is 44.5 Å². The Hall–Kier alpha value is -2.43. The summed E-state index contributed by atoms with van der Waals surface area (Å²) in [5.74, 6) is -0.721. The minimum Gasteiger partial charge on any atom is -0.370 e. The summed E-state index contributed by atoms with van der Waals surface area (Å²) in [5, 5.41) is 4.71. The minimum absolute atomic E-state index is 0.115. The summed E-state index contributed by atoms with van der Waals surface area (Å²) < 4.78 is 29.1. The zero-order valence-electron chi connectivity index (χ0n) is 18.3. The van der Waals surface area contributed by atoms with Gasteiger partial charge < -0.3 is 16.0 Å². The molecule has 2 amide bonds. The number of carbonyl (C=O) groups is 2. The number of thiophene rings is 1. The van der Waals surface area contributed by atoms with Crippen molar-refractivity contribution in [2.45, 2.75) is 50.5 Å². The van der Waals surface area contributed by atoms with Crippen molar-refractivity contribution in [2.24, 2.45) is 11.7 Å². The number of nitrogens with two attached hydrogens (primary N) is 1.